The summed E-state index contributed by atoms with van der Waals surface area (Å²) in [6, 6.07) is 54.6. The van der Waals surface area contributed by atoms with Crippen molar-refractivity contribution in [3.8, 4) is 28.1 Å². The highest BCUT2D eigenvalue weighted by Crippen LogP contribution is 2.50. The van der Waals surface area contributed by atoms with Gasteiger partial charge in [-0.15, -0.1) is 0 Å². The first-order valence-corrected chi connectivity index (χ1v) is 17.5. The van der Waals surface area contributed by atoms with Crippen LogP contribution in [0.3, 0.4) is 0 Å². The molecule has 0 aliphatic heterocycles. The molecule has 0 fully saturated rings. The van der Waals surface area contributed by atoms with Crippen molar-refractivity contribution in [2.45, 2.75) is 19.3 Å². The molecule has 10 rings (SSSR count). The lowest BCUT2D eigenvalue weighted by Gasteiger charge is -2.27. The molecular weight excluding hydrogens is 621 g/mol. The first kappa shape index (κ1) is 29.4. The molecule has 9 aromatic rings. The van der Waals surface area contributed by atoms with Gasteiger partial charge in [-0.3, -0.25) is 9.97 Å². The smallest absolute Gasteiger partial charge is 0.0782 e. The first-order chi connectivity index (χ1) is 25.1. The number of para-hydroxylation sites is 2. The predicted octanol–water partition coefficient (Wildman–Crippen LogP) is 12.2. The van der Waals surface area contributed by atoms with Crippen molar-refractivity contribution in [1.82, 2.24) is 14.5 Å². The van der Waals surface area contributed by atoms with Gasteiger partial charge in [-0.25, -0.2) is 0 Å². The molecule has 4 heteroatoms. The van der Waals surface area contributed by atoms with Gasteiger partial charge in [-0.2, -0.15) is 0 Å². The number of fused-ring (bicyclic) bond motifs is 7. The Balaban J connectivity index is 1.16. The van der Waals surface area contributed by atoms with E-state index in [9.17, 15) is 0 Å². The van der Waals surface area contributed by atoms with Crippen LogP contribution in [0.2, 0.25) is 0 Å². The van der Waals surface area contributed by atoms with E-state index < -0.39 is 0 Å². The Morgan fingerprint density at radius 2 is 1.22 bits per heavy atom. The summed E-state index contributed by atoms with van der Waals surface area (Å²) in [4.78, 5) is 12.0. The van der Waals surface area contributed by atoms with E-state index in [2.05, 4.69) is 180 Å². The molecule has 0 saturated heterocycles. The zero-order valence-corrected chi connectivity index (χ0v) is 28.5. The number of hydrogen-bond donors (Lipinski definition) is 0. The van der Waals surface area contributed by atoms with Crippen LogP contribution in [0.5, 0.6) is 0 Å². The minimum atomic E-state index is -0.0852. The van der Waals surface area contributed by atoms with Crippen LogP contribution in [0, 0.1) is 0 Å². The standard InChI is InChI=1S/C47H34N4/c1-47(2)41-18-10-8-14-35(41)36-22-20-31(28-42(36)47)46-39-17-7-6-15-37(39)45(30-49-46)50(33-24-26-48-27-25-33)34-21-23-44-40(29-34)38-16-9-11-19-43(38)51(44)32-12-4-3-5-13-32/h3-30H,1-2H3. The number of benzene rings is 6. The molecule has 3 heterocycles. The van der Waals surface area contributed by atoms with E-state index in [0.29, 0.717) is 0 Å². The molecular formula is C47H34N4. The van der Waals surface area contributed by atoms with E-state index >= 15 is 0 Å². The number of pyridine rings is 2. The highest BCUT2D eigenvalue weighted by atomic mass is 15.2. The third kappa shape index (κ3) is 4.46. The maximum absolute atomic E-state index is 5.27. The van der Waals surface area contributed by atoms with Crippen molar-refractivity contribution in [2.75, 3.05) is 4.90 Å². The van der Waals surface area contributed by atoms with E-state index in [1.807, 2.05) is 18.6 Å². The average molecular weight is 655 g/mol. The number of anilines is 3. The van der Waals surface area contributed by atoms with Crippen molar-refractivity contribution in [1.29, 1.82) is 0 Å². The predicted molar refractivity (Wildman–Crippen MR) is 212 cm³/mol. The topological polar surface area (TPSA) is 34.0 Å². The Labute approximate surface area is 296 Å². The Morgan fingerprint density at radius 3 is 2.06 bits per heavy atom. The fourth-order valence-electron chi connectivity index (χ4n) is 8.31. The van der Waals surface area contributed by atoms with Crippen molar-refractivity contribution in [2.24, 2.45) is 0 Å². The molecule has 0 atom stereocenters. The highest BCUT2D eigenvalue weighted by molar-refractivity contribution is 6.11. The van der Waals surface area contributed by atoms with Crippen LogP contribution in [0.4, 0.5) is 17.1 Å². The van der Waals surface area contributed by atoms with Crippen LogP contribution in [0.25, 0.3) is 60.6 Å². The fraction of sp³-hybridized carbons (Fsp3) is 0.0638. The highest BCUT2D eigenvalue weighted by Gasteiger charge is 2.35. The number of hydrogen-bond acceptors (Lipinski definition) is 3. The summed E-state index contributed by atoms with van der Waals surface area (Å²) >= 11 is 0. The Bertz CT molecular complexity index is 2780. The molecule has 1 aliphatic carbocycles. The Morgan fingerprint density at radius 1 is 0.529 bits per heavy atom. The number of rotatable bonds is 5. The Kier molecular flexibility index (Phi) is 6.49. The largest absolute Gasteiger partial charge is 0.309 e. The fourth-order valence-corrected chi connectivity index (χ4v) is 8.31. The van der Waals surface area contributed by atoms with Gasteiger partial charge in [0.15, 0.2) is 0 Å². The Hall–Kier alpha value is -6.52. The molecule has 0 bridgehead atoms. The van der Waals surface area contributed by atoms with Gasteiger partial charge < -0.3 is 9.47 Å². The second-order valence-corrected chi connectivity index (χ2v) is 13.9. The molecule has 242 valence electrons. The van der Waals surface area contributed by atoms with Crippen LogP contribution in [-0.4, -0.2) is 14.5 Å². The SMILES string of the molecule is CC1(C)c2ccccc2-c2ccc(-c3ncc(N(c4ccncc4)c4ccc5c(c4)c4ccccc4n5-c4ccccc4)c4ccccc34)cc21. The summed E-state index contributed by atoms with van der Waals surface area (Å²) in [5.74, 6) is 0. The van der Waals surface area contributed by atoms with E-state index in [1.54, 1.807) is 0 Å². The number of aromatic nitrogens is 3. The van der Waals surface area contributed by atoms with Crippen LogP contribution >= 0.6 is 0 Å². The van der Waals surface area contributed by atoms with Gasteiger partial charge in [-0.05, 0) is 76.9 Å². The average Bonchev–Trinajstić information content (AvgIpc) is 3.64. The van der Waals surface area contributed by atoms with Gasteiger partial charge in [0.2, 0.25) is 0 Å². The zero-order valence-electron chi connectivity index (χ0n) is 28.5. The lowest BCUT2D eigenvalue weighted by atomic mass is 9.81. The van der Waals surface area contributed by atoms with Gasteiger partial charge in [0.1, 0.15) is 0 Å². The molecule has 6 aromatic carbocycles. The molecule has 0 saturated carbocycles. The lowest BCUT2D eigenvalue weighted by Crippen LogP contribution is -2.15. The third-order valence-electron chi connectivity index (χ3n) is 10.7. The van der Waals surface area contributed by atoms with E-state index in [1.165, 1.54) is 44.1 Å². The summed E-state index contributed by atoms with van der Waals surface area (Å²) in [6.45, 7) is 4.66. The molecule has 0 spiro atoms. The maximum Gasteiger partial charge on any atom is 0.0782 e. The summed E-state index contributed by atoms with van der Waals surface area (Å²) < 4.78 is 2.35. The third-order valence-corrected chi connectivity index (χ3v) is 10.7. The van der Waals surface area contributed by atoms with Crippen molar-refractivity contribution in [3.05, 3.63) is 181 Å². The minimum Gasteiger partial charge on any atom is -0.309 e. The van der Waals surface area contributed by atoms with Crippen LogP contribution < -0.4 is 4.90 Å². The molecule has 1 aliphatic rings. The van der Waals surface area contributed by atoms with Gasteiger partial charge in [0, 0.05) is 62.0 Å². The molecule has 0 N–H and O–H groups in total. The van der Waals surface area contributed by atoms with Crippen molar-refractivity contribution < 1.29 is 0 Å². The van der Waals surface area contributed by atoms with Crippen LogP contribution in [0.15, 0.2) is 170 Å². The summed E-state index contributed by atoms with van der Waals surface area (Å²) in [5.41, 5.74) is 14.0. The van der Waals surface area contributed by atoms with Gasteiger partial charge in [0.25, 0.3) is 0 Å². The molecule has 0 radical (unpaired) electrons. The maximum atomic E-state index is 5.27. The lowest BCUT2D eigenvalue weighted by molar-refractivity contribution is 0.660. The van der Waals surface area contributed by atoms with Gasteiger partial charge in [-0.1, -0.05) is 111 Å². The van der Waals surface area contributed by atoms with Crippen molar-refractivity contribution in [3.63, 3.8) is 0 Å². The zero-order chi connectivity index (χ0) is 34.1. The molecule has 51 heavy (non-hydrogen) atoms. The van der Waals surface area contributed by atoms with Crippen LogP contribution in [-0.2, 0) is 5.41 Å². The molecule has 0 unspecified atom stereocenters. The van der Waals surface area contributed by atoms with Crippen LogP contribution in [0.1, 0.15) is 25.0 Å². The molecule has 3 aromatic heterocycles. The minimum absolute atomic E-state index is 0.0852. The summed E-state index contributed by atoms with van der Waals surface area (Å²) in [7, 11) is 0. The number of nitrogens with zero attached hydrogens (tertiary/aromatic N) is 4. The van der Waals surface area contributed by atoms with E-state index in [4.69, 9.17) is 4.98 Å². The van der Waals surface area contributed by atoms with Gasteiger partial charge in [0.05, 0.1) is 28.6 Å². The first-order valence-electron chi connectivity index (χ1n) is 17.5. The summed E-state index contributed by atoms with van der Waals surface area (Å²) in [6.07, 6.45) is 5.76. The normalized spacial score (nSPS) is 13.1. The quantitative estimate of drug-likeness (QED) is 0.185. The van der Waals surface area contributed by atoms with Gasteiger partial charge >= 0.3 is 0 Å². The molecule has 0 amide bonds. The van der Waals surface area contributed by atoms with E-state index in [0.717, 1.165) is 44.8 Å². The van der Waals surface area contributed by atoms with Crippen molar-refractivity contribution >= 4 is 49.6 Å². The second kappa shape index (κ2) is 11.3. The second-order valence-electron chi connectivity index (χ2n) is 13.9. The monoisotopic (exact) mass is 654 g/mol. The molecule has 4 nitrogen and oxygen atoms in total. The summed E-state index contributed by atoms with van der Waals surface area (Å²) in [5, 5.41) is 4.66. The van der Waals surface area contributed by atoms with E-state index in [-0.39, 0.29) is 5.41 Å².